The molecule has 0 aliphatic rings. The van der Waals surface area contributed by atoms with Crippen LogP contribution in [0.5, 0.6) is 0 Å². The van der Waals surface area contributed by atoms with Gasteiger partial charge in [-0.15, -0.1) is 0 Å². The Labute approximate surface area is 94.8 Å². The predicted molar refractivity (Wildman–Crippen MR) is 59.0 cm³/mol. The number of carbonyl (C=O) groups is 2. The zero-order chi connectivity index (χ0) is 12.8. The second-order valence-corrected chi connectivity index (χ2v) is 4.32. The van der Waals surface area contributed by atoms with Gasteiger partial charge in [0.05, 0.1) is 18.8 Å². The standard InChI is InChI=1S/C9H20N4O3/c1-9(2,3)16-5-6(10)8(15)12-4-7(14)13-11/h6H,4-5,10-11H2,1-3H3,(H,12,15)(H,13,14). The Morgan fingerprint density at radius 2 is 1.94 bits per heavy atom. The van der Waals surface area contributed by atoms with Gasteiger partial charge in [-0.05, 0) is 20.8 Å². The fraction of sp³-hybridized carbons (Fsp3) is 0.778. The minimum absolute atomic E-state index is 0.0968. The molecule has 0 rings (SSSR count). The molecular weight excluding hydrogens is 212 g/mol. The van der Waals surface area contributed by atoms with Crippen LogP contribution < -0.4 is 22.3 Å². The first-order chi connectivity index (χ1) is 7.26. The van der Waals surface area contributed by atoms with Gasteiger partial charge in [-0.1, -0.05) is 0 Å². The maximum atomic E-state index is 11.3. The van der Waals surface area contributed by atoms with E-state index in [1.807, 2.05) is 26.2 Å². The van der Waals surface area contributed by atoms with E-state index in [0.29, 0.717) is 0 Å². The molecule has 94 valence electrons. The molecule has 0 aliphatic heterocycles. The fourth-order valence-corrected chi connectivity index (χ4v) is 0.765. The molecule has 0 saturated heterocycles. The number of nitrogens with one attached hydrogen (secondary N) is 2. The van der Waals surface area contributed by atoms with E-state index in [1.165, 1.54) is 0 Å². The summed E-state index contributed by atoms with van der Waals surface area (Å²) in [5.41, 5.74) is 7.09. The summed E-state index contributed by atoms with van der Waals surface area (Å²) in [5.74, 6) is 3.90. The highest BCUT2D eigenvalue weighted by Gasteiger charge is 2.18. The van der Waals surface area contributed by atoms with Crippen molar-refractivity contribution in [2.75, 3.05) is 13.2 Å². The smallest absolute Gasteiger partial charge is 0.253 e. The lowest BCUT2D eigenvalue weighted by Crippen LogP contribution is -2.48. The summed E-state index contributed by atoms with van der Waals surface area (Å²) in [7, 11) is 0. The lowest BCUT2D eigenvalue weighted by molar-refractivity contribution is -0.128. The Hall–Kier alpha value is -1.18. The number of ether oxygens (including phenoxy) is 1. The van der Waals surface area contributed by atoms with Crippen LogP contribution in [0.3, 0.4) is 0 Å². The number of hydrazine groups is 1. The van der Waals surface area contributed by atoms with Gasteiger partial charge in [0.1, 0.15) is 6.04 Å². The molecule has 0 aromatic heterocycles. The molecule has 0 heterocycles. The molecule has 6 N–H and O–H groups in total. The number of hydrogen-bond donors (Lipinski definition) is 4. The third kappa shape index (κ3) is 7.16. The van der Waals surface area contributed by atoms with E-state index in [1.54, 1.807) is 0 Å². The number of amides is 2. The minimum Gasteiger partial charge on any atom is -0.374 e. The highest BCUT2D eigenvalue weighted by molar-refractivity contribution is 5.87. The van der Waals surface area contributed by atoms with E-state index in [9.17, 15) is 9.59 Å². The maximum Gasteiger partial charge on any atom is 0.253 e. The monoisotopic (exact) mass is 232 g/mol. The van der Waals surface area contributed by atoms with Crippen molar-refractivity contribution in [1.82, 2.24) is 10.7 Å². The van der Waals surface area contributed by atoms with Crippen LogP contribution in [0, 0.1) is 0 Å². The molecule has 7 nitrogen and oxygen atoms in total. The topological polar surface area (TPSA) is 119 Å². The molecule has 2 amide bonds. The molecule has 7 heteroatoms. The van der Waals surface area contributed by atoms with Crippen LogP contribution in [0.2, 0.25) is 0 Å². The molecule has 0 aliphatic carbocycles. The largest absolute Gasteiger partial charge is 0.374 e. The molecule has 0 spiro atoms. The summed E-state index contributed by atoms with van der Waals surface area (Å²) < 4.78 is 5.33. The van der Waals surface area contributed by atoms with Crippen LogP contribution in [0.15, 0.2) is 0 Å². The Bertz CT molecular complexity index is 250. The van der Waals surface area contributed by atoms with Crippen LogP contribution in [0.25, 0.3) is 0 Å². The quantitative estimate of drug-likeness (QED) is 0.254. The molecule has 1 atom stereocenters. The first-order valence-corrected chi connectivity index (χ1v) is 4.93. The van der Waals surface area contributed by atoms with Gasteiger partial charge >= 0.3 is 0 Å². The van der Waals surface area contributed by atoms with E-state index in [2.05, 4.69) is 5.32 Å². The average molecular weight is 232 g/mol. The molecule has 0 saturated carbocycles. The minimum atomic E-state index is -0.801. The van der Waals surface area contributed by atoms with Gasteiger partial charge in [-0.2, -0.15) is 0 Å². The molecule has 0 aromatic carbocycles. The van der Waals surface area contributed by atoms with Crippen molar-refractivity contribution < 1.29 is 14.3 Å². The average Bonchev–Trinajstić information content (AvgIpc) is 2.20. The molecule has 16 heavy (non-hydrogen) atoms. The summed E-state index contributed by atoms with van der Waals surface area (Å²) in [5, 5.41) is 2.33. The van der Waals surface area contributed by atoms with Gasteiger partial charge in [-0.25, -0.2) is 5.84 Å². The SMILES string of the molecule is CC(C)(C)OCC(N)C(=O)NCC(=O)NN. The second kappa shape index (κ2) is 6.41. The Morgan fingerprint density at radius 1 is 1.38 bits per heavy atom. The fourth-order valence-electron chi connectivity index (χ4n) is 0.765. The van der Waals surface area contributed by atoms with Crippen molar-refractivity contribution in [3.8, 4) is 0 Å². The predicted octanol–water partition coefficient (Wildman–Crippen LogP) is -1.77. The van der Waals surface area contributed by atoms with Crippen LogP contribution in [-0.2, 0) is 14.3 Å². The summed E-state index contributed by atoms with van der Waals surface area (Å²) in [6.45, 7) is 5.48. The molecule has 0 radical (unpaired) electrons. The van der Waals surface area contributed by atoms with Gasteiger partial charge in [0.25, 0.3) is 5.91 Å². The van der Waals surface area contributed by atoms with Crippen molar-refractivity contribution >= 4 is 11.8 Å². The van der Waals surface area contributed by atoms with E-state index in [-0.39, 0.29) is 18.8 Å². The third-order valence-electron chi connectivity index (χ3n) is 1.62. The van der Waals surface area contributed by atoms with Crippen molar-refractivity contribution in [1.29, 1.82) is 0 Å². The van der Waals surface area contributed by atoms with Gasteiger partial charge in [0.15, 0.2) is 0 Å². The molecule has 1 unspecified atom stereocenters. The zero-order valence-corrected chi connectivity index (χ0v) is 9.87. The highest BCUT2D eigenvalue weighted by atomic mass is 16.5. The molecule has 0 fully saturated rings. The Kier molecular flexibility index (Phi) is 5.94. The van der Waals surface area contributed by atoms with E-state index >= 15 is 0 Å². The lowest BCUT2D eigenvalue weighted by Gasteiger charge is -2.21. The maximum absolute atomic E-state index is 11.3. The normalized spacial score (nSPS) is 13.1. The number of carbonyl (C=O) groups excluding carboxylic acids is 2. The highest BCUT2D eigenvalue weighted by Crippen LogP contribution is 2.06. The van der Waals surface area contributed by atoms with E-state index < -0.39 is 17.9 Å². The van der Waals surface area contributed by atoms with E-state index in [0.717, 1.165) is 0 Å². The summed E-state index contributed by atoms with van der Waals surface area (Å²) in [4.78, 5) is 22.1. The van der Waals surface area contributed by atoms with Crippen molar-refractivity contribution in [3.05, 3.63) is 0 Å². The van der Waals surface area contributed by atoms with Crippen molar-refractivity contribution in [3.63, 3.8) is 0 Å². The second-order valence-electron chi connectivity index (χ2n) is 4.32. The Balaban J connectivity index is 3.86. The van der Waals surface area contributed by atoms with Gasteiger partial charge in [-0.3, -0.25) is 15.0 Å². The van der Waals surface area contributed by atoms with Crippen LogP contribution in [-0.4, -0.2) is 36.6 Å². The zero-order valence-electron chi connectivity index (χ0n) is 9.87. The van der Waals surface area contributed by atoms with E-state index in [4.69, 9.17) is 16.3 Å². The van der Waals surface area contributed by atoms with Crippen molar-refractivity contribution in [2.24, 2.45) is 11.6 Å². The summed E-state index contributed by atoms with van der Waals surface area (Å²) in [6.07, 6.45) is 0. The van der Waals surface area contributed by atoms with Gasteiger partial charge < -0.3 is 15.8 Å². The molecular formula is C9H20N4O3. The van der Waals surface area contributed by atoms with Crippen LogP contribution >= 0.6 is 0 Å². The number of hydrogen-bond acceptors (Lipinski definition) is 5. The lowest BCUT2D eigenvalue weighted by atomic mass is 10.2. The molecule has 0 aromatic rings. The Morgan fingerprint density at radius 3 is 2.38 bits per heavy atom. The number of nitrogens with two attached hydrogens (primary N) is 2. The first kappa shape index (κ1) is 14.8. The summed E-state index contributed by atoms with van der Waals surface area (Å²) in [6, 6.07) is -0.801. The first-order valence-electron chi connectivity index (χ1n) is 4.93. The molecule has 0 bridgehead atoms. The number of rotatable bonds is 5. The van der Waals surface area contributed by atoms with Crippen LogP contribution in [0.4, 0.5) is 0 Å². The third-order valence-corrected chi connectivity index (χ3v) is 1.62. The summed E-state index contributed by atoms with van der Waals surface area (Å²) >= 11 is 0. The van der Waals surface area contributed by atoms with Crippen LogP contribution in [0.1, 0.15) is 20.8 Å². The van der Waals surface area contributed by atoms with Gasteiger partial charge in [0.2, 0.25) is 5.91 Å². The van der Waals surface area contributed by atoms with Crippen molar-refractivity contribution in [2.45, 2.75) is 32.4 Å². The van der Waals surface area contributed by atoms with Gasteiger partial charge in [0, 0.05) is 0 Å².